The average Bonchev–Trinajstić information content (AvgIpc) is 2.89. The molecular weight excluding hydrogens is 402 g/mol. The third kappa shape index (κ3) is 4.29. The maximum atomic E-state index is 13.2. The van der Waals surface area contributed by atoms with E-state index in [-0.39, 0.29) is 11.9 Å². The molecule has 1 N–H and O–H groups in total. The Morgan fingerprint density at radius 3 is 2.63 bits per heavy atom. The van der Waals surface area contributed by atoms with Crippen molar-refractivity contribution < 1.29 is 17.9 Å². The first-order valence-corrected chi connectivity index (χ1v) is 11.7. The van der Waals surface area contributed by atoms with Gasteiger partial charge in [-0.05, 0) is 48.6 Å². The number of likely N-dealkylation sites (tertiary alicyclic amines) is 1. The standard InChI is InChI=1S/C22H27N3O4S/c1-29-20-9-5-6-17(14-20)15-25-16-18-10-12-24(13-11-21(18)30(25,27)28)22(26)23-19-7-3-2-4-8-19/h2-9,14,18,21H,10-13,15-16H2,1H3,(H,23,26)/t18-,21-/m1/s1. The Kier molecular flexibility index (Phi) is 5.97. The second-order valence-corrected chi connectivity index (χ2v) is 10.00. The molecule has 2 aliphatic heterocycles. The average molecular weight is 430 g/mol. The van der Waals surface area contributed by atoms with Crippen LogP contribution in [-0.4, -0.2) is 55.6 Å². The summed E-state index contributed by atoms with van der Waals surface area (Å²) in [6.45, 7) is 1.84. The Balaban J connectivity index is 1.41. The van der Waals surface area contributed by atoms with Crippen LogP contribution in [0.25, 0.3) is 0 Å². The highest BCUT2D eigenvalue weighted by Crippen LogP contribution is 2.35. The highest BCUT2D eigenvalue weighted by molar-refractivity contribution is 7.90. The number of anilines is 1. The van der Waals surface area contributed by atoms with Gasteiger partial charge in [-0.15, -0.1) is 0 Å². The van der Waals surface area contributed by atoms with Gasteiger partial charge in [0.2, 0.25) is 10.0 Å². The van der Waals surface area contributed by atoms with E-state index in [2.05, 4.69) is 5.32 Å². The molecule has 8 heteroatoms. The largest absolute Gasteiger partial charge is 0.497 e. The molecule has 0 radical (unpaired) electrons. The highest BCUT2D eigenvalue weighted by Gasteiger charge is 2.47. The van der Waals surface area contributed by atoms with Gasteiger partial charge in [0.1, 0.15) is 5.75 Å². The van der Waals surface area contributed by atoms with Crippen LogP contribution in [-0.2, 0) is 16.6 Å². The first-order chi connectivity index (χ1) is 14.5. The Morgan fingerprint density at radius 2 is 1.87 bits per heavy atom. The summed E-state index contributed by atoms with van der Waals surface area (Å²) in [6, 6.07) is 16.6. The monoisotopic (exact) mass is 429 g/mol. The van der Waals surface area contributed by atoms with Crippen LogP contribution in [0.1, 0.15) is 18.4 Å². The number of carbonyl (C=O) groups is 1. The van der Waals surface area contributed by atoms with Gasteiger partial charge in [0.25, 0.3) is 0 Å². The lowest BCUT2D eigenvalue weighted by molar-refractivity contribution is 0.212. The smallest absolute Gasteiger partial charge is 0.321 e. The van der Waals surface area contributed by atoms with Gasteiger partial charge in [0.05, 0.1) is 12.4 Å². The fourth-order valence-corrected chi connectivity index (χ4v) is 6.58. The summed E-state index contributed by atoms with van der Waals surface area (Å²) in [4.78, 5) is 14.3. The molecule has 2 saturated heterocycles. The van der Waals surface area contributed by atoms with Crippen molar-refractivity contribution in [1.82, 2.24) is 9.21 Å². The zero-order chi connectivity index (χ0) is 21.1. The van der Waals surface area contributed by atoms with E-state index in [9.17, 15) is 13.2 Å². The molecule has 2 aliphatic rings. The van der Waals surface area contributed by atoms with Gasteiger partial charge in [0, 0.05) is 31.9 Å². The molecule has 0 aromatic heterocycles. The summed E-state index contributed by atoms with van der Waals surface area (Å²) >= 11 is 0. The second kappa shape index (κ2) is 8.65. The van der Waals surface area contributed by atoms with E-state index in [4.69, 9.17) is 4.74 Å². The lowest BCUT2D eigenvalue weighted by atomic mass is 10.0. The summed E-state index contributed by atoms with van der Waals surface area (Å²) < 4.78 is 33.2. The molecule has 0 unspecified atom stereocenters. The number of rotatable bonds is 4. The van der Waals surface area contributed by atoms with Crippen molar-refractivity contribution in [3.05, 3.63) is 60.2 Å². The lowest BCUT2D eigenvalue weighted by Gasteiger charge is -2.22. The van der Waals surface area contributed by atoms with Gasteiger partial charge < -0.3 is 15.0 Å². The van der Waals surface area contributed by atoms with E-state index in [1.807, 2.05) is 54.6 Å². The number of urea groups is 1. The van der Waals surface area contributed by atoms with Crippen LogP contribution in [0.2, 0.25) is 0 Å². The SMILES string of the molecule is COc1cccc(CN2C[C@H]3CCN(C(=O)Nc4ccccc4)CC[C@H]3S2(=O)=O)c1. The van der Waals surface area contributed by atoms with Crippen LogP contribution in [0.3, 0.4) is 0 Å². The van der Waals surface area contributed by atoms with Crippen molar-refractivity contribution in [3.8, 4) is 5.75 Å². The predicted molar refractivity (Wildman–Crippen MR) is 116 cm³/mol. The summed E-state index contributed by atoms with van der Waals surface area (Å²) in [5, 5.41) is 2.46. The molecule has 2 heterocycles. The fraction of sp³-hybridized carbons (Fsp3) is 0.409. The Morgan fingerprint density at radius 1 is 1.10 bits per heavy atom. The van der Waals surface area contributed by atoms with Crippen LogP contribution in [0.5, 0.6) is 5.75 Å². The molecule has 0 aliphatic carbocycles. The molecule has 2 aromatic rings. The van der Waals surface area contributed by atoms with Crippen molar-refractivity contribution >= 4 is 21.7 Å². The topological polar surface area (TPSA) is 79.0 Å². The van der Waals surface area contributed by atoms with E-state index in [0.29, 0.717) is 39.0 Å². The summed E-state index contributed by atoms with van der Waals surface area (Å²) in [5.74, 6) is 0.758. The van der Waals surface area contributed by atoms with Crippen molar-refractivity contribution in [1.29, 1.82) is 0 Å². The molecule has 2 atom stereocenters. The second-order valence-electron chi connectivity index (χ2n) is 7.85. The molecule has 4 rings (SSSR count). The molecule has 0 bridgehead atoms. The summed E-state index contributed by atoms with van der Waals surface area (Å²) in [7, 11) is -1.80. The van der Waals surface area contributed by atoms with Crippen molar-refractivity contribution in [2.75, 3.05) is 32.1 Å². The first kappa shape index (κ1) is 20.7. The molecule has 0 saturated carbocycles. The number of sulfonamides is 1. The number of hydrogen-bond donors (Lipinski definition) is 1. The zero-order valence-corrected chi connectivity index (χ0v) is 17.8. The first-order valence-electron chi connectivity index (χ1n) is 10.2. The van der Waals surface area contributed by atoms with Crippen LogP contribution in [0, 0.1) is 5.92 Å². The normalized spacial score (nSPS) is 23.4. The van der Waals surface area contributed by atoms with Gasteiger partial charge in [-0.1, -0.05) is 30.3 Å². The van der Waals surface area contributed by atoms with Crippen molar-refractivity contribution in [2.45, 2.75) is 24.6 Å². The van der Waals surface area contributed by atoms with E-state index in [1.165, 1.54) is 0 Å². The van der Waals surface area contributed by atoms with E-state index in [1.54, 1.807) is 16.3 Å². The molecular formula is C22H27N3O4S. The van der Waals surface area contributed by atoms with Crippen molar-refractivity contribution in [2.24, 2.45) is 5.92 Å². The van der Waals surface area contributed by atoms with E-state index < -0.39 is 15.3 Å². The maximum absolute atomic E-state index is 13.2. The molecule has 0 spiro atoms. The van der Waals surface area contributed by atoms with E-state index >= 15 is 0 Å². The molecule has 30 heavy (non-hydrogen) atoms. The number of nitrogens with zero attached hydrogens (tertiary/aromatic N) is 2. The number of methoxy groups -OCH3 is 1. The van der Waals surface area contributed by atoms with Crippen LogP contribution in [0.15, 0.2) is 54.6 Å². The number of fused-ring (bicyclic) bond motifs is 1. The number of ether oxygens (including phenoxy) is 1. The quantitative estimate of drug-likeness (QED) is 0.810. The number of para-hydroxylation sites is 1. The number of benzene rings is 2. The Bertz CT molecular complexity index is 996. The minimum absolute atomic E-state index is 0.0372. The number of hydrogen-bond acceptors (Lipinski definition) is 4. The number of amides is 2. The minimum atomic E-state index is -3.40. The number of nitrogens with one attached hydrogen (secondary N) is 1. The summed E-state index contributed by atoms with van der Waals surface area (Å²) in [6.07, 6.45) is 1.14. The van der Waals surface area contributed by atoms with Crippen molar-refractivity contribution in [3.63, 3.8) is 0 Å². The third-order valence-corrected chi connectivity index (χ3v) is 8.35. The van der Waals surface area contributed by atoms with Gasteiger partial charge in [0.15, 0.2) is 0 Å². The molecule has 160 valence electrons. The van der Waals surface area contributed by atoms with Crippen LogP contribution >= 0.6 is 0 Å². The Labute approximate surface area is 177 Å². The molecule has 2 amide bonds. The zero-order valence-electron chi connectivity index (χ0n) is 17.0. The summed E-state index contributed by atoms with van der Waals surface area (Å²) in [5.41, 5.74) is 1.65. The minimum Gasteiger partial charge on any atom is -0.497 e. The lowest BCUT2D eigenvalue weighted by Crippen LogP contribution is -2.37. The Hall–Kier alpha value is -2.58. The third-order valence-electron chi connectivity index (χ3n) is 5.97. The van der Waals surface area contributed by atoms with Crippen LogP contribution in [0.4, 0.5) is 10.5 Å². The van der Waals surface area contributed by atoms with Gasteiger partial charge >= 0.3 is 6.03 Å². The fourth-order valence-electron chi connectivity index (χ4n) is 4.35. The van der Waals surface area contributed by atoms with Crippen LogP contribution < -0.4 is 10.1 Å². The molecule has 2 aromatic carbocycles. The van der Waals surface area contributed by atoms with Gasteiger partial charge in [-0.2, -0.15) is 4.31 Å². The maximum Gasteiger partial charge on any atom is 0.321 e. The molecule has 7 nitrogen and oxygen atoms in total. The van der Waals surface area contributed by atoms with E-state index in [0.717, 1.165) is 17.0 Å². The predicted octanol–water partition coefficient (Wildman–Crippen LogP) is 3.15. The number of carbonyl (C=O) groups excluding carboxylic acids is 1. The molecule has 2 fully saturated rings. The van der Waals surface area contributed by atoms with Gasteiger partial charge in [-0.25, -0.2) is 13.2 Å². The van der Waals surface area contributed by atoms with Gasteiger partial charge in [-0.3, -0.25) is 0 Å². The highest BCUT2D eigenvalue weighted by atomic mass is 32.2.